The highest BCUT2D eigenvalue weighted by molar-refractivity contribution is 6.22. The first-order chi connectivity index (χ1) is 9.49. The first kappa shape index (κ1) is 13.3. The Bertz CT molecular complexity index is 535. The van der Waals surface area contributed by atoms with E-state index in [1.807, 2.05) is 18.2 Å². The van der Waals surface area contributed by atoms with Crippen molar-refractivity contribution in [3.05, 3.63) is 30.3 Å². The summed E-state index contributed by atoms with van der Waals surface area (Å²) in [6.45, 7) is 4.24. The maximum atomic E-state index is 12.5. The monoisotopic (exact) mass is 272 g/mol. The molecule has 1 N–H and O–H groups in total. The van der Waals surface area contributed by atoms with Gasteiger partial charge in [0.1, 0.15) is 0 Å². The van der Waals surface area contributed by atoms with Crippen LogP contribution >= 0.6 is 0 Å². The predicted molar refractivity (Wildman–Crippen MR) is 77.3 cm³/mol. The first-order valence-corrected chi connectivity index (χ1v) is 7.18. The van der Waals surface area contributed by atoms with Crippen LogP contribution in [0.15, 0.2) is 30.3 Å². The van der Waals surface area contributed by atoms with E-state index in [9.17, 15) is 9.59 Å². The van der Waals surface area contributed by atoms with Gasteiger partial charge in [-0.15, -0.1) is 0 Å². The van der Waals surface area contributed by atoms with Crippen molar-refractivity contribution in [2.75, 3.05) is 4.90 Å². The summed E-state index contributed by atoms with van der Waals surface area (Å²) in [5.74, 6) is 0.372. The van der Waals surface area contributed by atoms with E-state index in [1.165, 1.54) is 17.7 Å². The molecule has 1 saturated heterocycles. The lowest BCUT2D eigenvalue weighted by molar-refractivity contribution is -0.121. The lowest BCUT2D eigenvalue weighted by atomic mass is 9.97. The maximum absolute atomic E-state index is 12.5. The van der Waals surface area contributed by atoms with Crippen LogP contribution in [0.1, 0.15) is 33.1 Å². The summed E-state index contributed by atoms with van der Waals surface area (Å²) in [4.78, 5) is 25.9. The van der Waals surface area contributed by atoms with E-state index in [-0.39, 0.29) is 23.8 Å². The van der Waals surface area contributed by atoms with Crippen LogP contribution in [0, 0.1) is 5.92 Å². The van der Waals surface area contributed by atoms with E-state index in [1.54, 1.807) is 12.1 Å². The molecular weight excluding hydrogens is 252 g/mol. The standard InChI is InChI=1S/C16H20N2O2/c1-16(2,11-8-9-11)17-13-10-14(19)18(15(13)20)12-6-4-3-5-7-12/h3-7,11,13,17H,8-10H2,1-2H3. The molecule has 0 radical (unpaired) electrons. The molecule has 1 aliphatic carbocycles. The molecule has 1 aliphatic heterocycles. The summed E-state index contributed by atoms with van der Waals surface area (Å²) in [6, 6.07) is 8.75. The van der Waals surface area contributed by atoms with Gasteiger partial charge in [-0.25, -0.2) is 4.90 Å². The van der Waals surface area contributed by atoms with Gasteiger partial charge in [0.05, 0.1) is 18.2 Å². The number of para-hydroxylation sites is 1. The van der Waals surface area contributed by atoms with Crippen molar-refractivity contribution in [3.63, 3.8) is 0 Å². The molecule has 1 aromatic rings. The van der Waals surface area contributed by atoms with Crippen molar-refractivity contribution in [1.82, 2.24) is 5.32 Å². The molecule has 1 atom stereocenters. The highest BCUT2D eigenvalue weighted by Crippen LogP contribution is 2.40. The first-order valence-electron chi connectivity index (χ1n) is 7.18. The summed E-state index contributed by atoms with van der Waals surface area (Å²) >= 11 is 0. The molecule has 2 aliphatic rings. The summed E-state index contributed by atoms with van der Waals surface area (Å²) in [7, 11) is 0. The molecule has 1 saturated carbocycles. The van der Waals surface area contributed by atoms with Crippen LogP contribution in [0.5, 0.6) is 0 Å². The van der Waals surface area contributed by atoms with Crippen LogP contribution in [0.2, 0.25) is 0 Å². The molecule has 4 nitrogen and oxygen atoms in total. The smallest absolute Gasteiger partial charge is 0.251 e. The average Bonchev–Trinajstić information content (AvgIpc) is 3.20. The molecule has 20 heavy (non-hydrogen) atoms. The second-order valence-corrected chi connectivity index (χ2v) is 6.30. The van der Waals surface area contributed by atoms with Crippen molar-refractivity contribution in [2.45, 2.75) is 44.7 Å². The number of hydrogen-bond donors (Lipinski definition) is 1. The van der Waals surface area contributed by atoms with E-state index in [0.29, 0.717) is 11.6 Å². The van der Waals surface area contributed by atoms with Gasteiger partial charge in [-0.1, -0.05) is 18.2 Å². The molecule has 0 bridgehead atoms. The molecule has 1 aromatic carbocycles. The van der Waals surface area contributed by atoms with Gasteiger partial charge in [-0.3, -0.25) is 9.59 Å². The SMILES string of the molecule is CC(C)(NC1CC(=O)N(c2ccccc2)C1=O)C1CC1. The third-order valence-corrected chi connectivity index (χ3v) is 4.31. The van der Waals surface area contributed by atoms with Gasteiger partial charge in [-0.2, -0.15) is 0 Å². The highest BCUT2D eigenvalue weighted by atomic mass is 16.2. The van der Waals surface area contributed by atoms with Crippen molar-refractivity contribution >= 4 is 17.5 Å². The predicted octanol–water partition coefficient (Wildman–Crippen LogP) is 2.10. The van der Waals surface area contributed by atoms with Crippen LogP contribution in [-0.4, -0.2) is 23.4 Å². The molecule has 106 valence electrons. The third-order valence-electron chi connectivity index (χ3n) is 4.31. The Morgan fingerprint density at radius 2 is 1.80 bits per heavy atom. The maximum Gasteiger partial charge on any atom is 0.251 e. The number of carbonyl (C=O) groups is 2. The normalized spacial score (nSPS) is 23.5. The molecule has 3 rings (SSSR count). The third kappa shape index (κ3) is 2.36. The van der Waals surface area contributed by atoms with Gasteiger partial charge in [0.15, 0.2) is 0 Å². The van der Waals surface area contributed by atoms with Gasteiger partial charge in [0.25, 0.3) is 5.91 Å². The molecule has 1 heterocycles. The fraction of sp³-hybridized carbons (Fsp3) is 0.500. The topological polar surface area (TPSA) is 49.4 Å². The van der Waals surface area contributed by atoms with E-state index in [0.717, 1.165) is 0 Å². The second-order valence-electron chi connectivity index (χ2n) is 6.30. The number of amides is 2. The molecule has 2 fully saturated rings. The van der Waals surface area contributed by atoms with Crippen molar-refractivity contribution in [1.29, 1.82) is 0 Å². The lowest BCUT2D eigenvalue weighted by Gasteiger charge is -2.29. The second kappa shape index (κ2) is 4.70. The van der Waals surface area contributed by atoms with Crippen molar-refractivity contribution in [2.24, 2.45) is 5.92 Å². The Kier molecular flexibility index (Phi) is 3.13. The van der Waals surface area contributed by atoms with Crippen LogP contribution < -0.4 is 10.2 Å². The summed E-state index contributed by atoms with van der Waals surface area (Å²) < 4.78 is 0. The van der Waals surface area contributed by atoms with Crippen LogP contribution in [0.4, 0.5) is 5.69 Å². The molecular formula is C16H20N2O2. The zero-order valence-corrected chi connectivity index (χ0v) is 11.9. The van der Waals surface area contributed by atoms with Crippen LogP contribution in [0.3, 0.4) is 0 Å². The number of nitrogens with zero attached hydrogens (tertiary/aromatic N) is 1. The fourth-order valence-corrected chi connectivity index (χ4v) is 2.96. The zero-order chi connectivity index (χ0) is 14.3. The quantitative estimate of drug-likeness (QED) is 0.854. The van der Waals surface area contributed by atoms with Gasteiger partial charge >= 0.3 is 0 Å². The van der Waals surface area contributed by atoms with Crippen molar-refractivity contribution in [3.8, 4) is 0 Å². The Morgan fingerprint density at radius 3 is 2.40 bits per heavy atom. The van der Waals surface area contributed by atoms with E-state index in [2.05, 4.69) is 19.2 Å². The molecule has 0 aromatic heterocycles. The molecule has 4 heteroatoms. The zero-order valence-electron chi connectivity index (χ0n) is 11.9. The Hall–Kier alpha value is -1.68. The van der Waals surface area contributed by atoms with Crippen molar-refractivity contribution < 1.29 is 9.59 Å². The fourth-order valence-electron chi connectivity index (χ4n) is 2.96. The Labute approximate surface area is 119 Å². The number of anilines is 1. The summed E-state index contributed by atoms with van der Waals surface area (Å²) in [5.41, 5.74) is 0.587. The Balaban J connectivity index is 1.77. The number of benzene rings is 1. The van der Waals surface area contributed by atoms with E-state index in [4.69, 9.17) is 0 Å². The molecule has 1 unspecified atom stereocenters. The highest BCUT2D eigenvalue weighted by Gasteiger charge is 2.45. The van der Waals surface area contributed by atoms with Gasteiger partial charge in [-0.05, 0) is 44.7 Å². The van der Waals surface area contributed by atoms with Gasteiger partial charge in [0, 0.05) is 5.54 Å². The number of imide groups is 1. The van der Waals surface area contributed by atoms with Gasteiger partial charge in [0.2, 0.25) is 5.91 Å². The summed E-state index contributed by atoms with van der Waals surface area (Å²) in [5, 5.41) is 3.39. The van der Waals surface area contributed by atoms with Crippen LogP contribution in [-0.2, 0) is 9.59 Å². The average molecular weight is 272 g/mol. The van der Waals surface area contributed by atoms with E-state index < -0.39 is 6.04 Å². The molecule has 2 amide bonds. The van der Waals surface area contributed by atoms with E-state index >= 15 is 0 Å². The minimum Gasteiger partial charge on any atom is -0.300 e. The number of hydrogen-bond acceptors (Lipinski definition) is 3. The van der Waals surface area contributed by atoms with Gasteiger partial charge < -0.3 is 5.32 Å². The minimum atomic E-state index is -0.390. The minimum absolute atomic E-state index is 0.0761. The lowest BCUT2D eigenvalue weighted by Crippen LogP contribution is -2.50. The molecule has 0 spiro atoms. The largest absolute Gasteiger partial charge is 0.300 e. The van der Waals surface area contributed by atoms with Crippen LogP contribution in [0.25, 0.3) is 0 Å². The summed E-state index contributed by atoms with van der Waals surface area (Å²) in [6.07, 6.45) is 2.67. The number of nitrogens with one attached hydrogen (secondary N) is 1. The Morgan fingerprint density at radius 1 is 1.15 bits per heavy atom. The number of carbonyl (C=O) groups excluding carboxylic acids is 2. The number of rotatable bonds is 4.